The van der Waals surface area contributed by atoms with Crippen molar-refractivity contribution >= 4 is 6.08 Å². The fourth-order valence-corrected chi connectivity index (χ4v) is 7.09. The molecule has 5 rings (SSSR count). The molecule has 0 aromatic carbocycles. The lowest BCUT2D eigenvalue weighted by molar-refractivity contribution is -0.0437. The average molecular weight is 298 g/mol. The molecule has 0 bridgehead atoms. The number of allylic oxidation sites excluding steroid dienone is 1. The minimum atomic E-state index is 0.261. The van der Waals surface area contributed by atoms with Gasteiger partial charge in [0.05, 0.1) is 6.26 Å². The summed E-state index contributed by atoms with van der Waals surface area (Å²) in [5.74, 6) is 4.62. The Labute approximate surface area is 132 Å². The Morgan fingerprint density at radius 1 is 1.27 bits per heavy atom. The molecule has 4 aliphatic rings. The summed E-state index contributed by atoms with van der Waals surface area (Å²) in [6, 6.07) is 2.20. The summed E-state index contributed by atoms with van der Waals surface area (Å²) < 4.78 is 5.66. The van der Waals surface area contributed by atoms with E-state index in [2.05, 4.69) is 32.1 Å². The first kappa shape index (κ1) is 13.4. The van der Waals surface area contributed by atoms with Crippen LogP contribution in [-0.2, 0) is 0 Å². The second kappa shape index (κ2) is 4.08. The lowest BCUT2D eigenvalue weighted by Crippen LogP contribution is -2.50. The van der Waals surface area contributed by atoms with Crippen LogP contribution in [0.5, 0.6) is 0 Å². The van der Waals surface area contributed by atoms with Crippen molar-refractivity contribution in [3.63, 3.8) is 0 Å². The van der Waals surface area contributed by atoms with E-state index in [1.807, 2.05) is 6.26 Å². The Balaban J connectivity index is 1.57. The van der Waals surface area contributed by atoms with E-state index in [-0.39, 0.29) is 5.41 Å². The smallest absolute Gasteiger partial charge is 0.129 e. The number of hydrogen-bond donors (Lipinski definition) is 1. The Morgan fingerprint density at radius 3 is 2.95 bits per heavy atom. The molecule has 0 saturated heterocycles. The van der Waals surface area contributed by atoms with E-state index >= 15 is 0 Å². The Morgan fingerprint density at radius 2 is 2.14 bits per heavy atom. The first-order chi connectivity index (χ1) is 10.6. The Bertz CT molecular complexity index is 640. The van der Waals surface area contributed by atoms with Crippen molar-refractivity contribution < 1.29 is 9.52 Å². The molecule has 4 unspecified atom stereocenters. The third kappa shape index (κ3) is 1.41. The van der Waals surface area contributed by atoms with Crippen LogP contribution in [0.1, 0.15) is 56.8 Å². The molecule has 118 valence electrons. The van der Waals surface area contributed by atoms with Crippen LogP contribution in [0.25, 0.3) is 6.08 Å². The third-order valence-corrected chi connectivity index (χ3v) is 8.06. The van der Waals surface area contributed by atoms with E-state index in [1.54, 1.807) is 0 Å². The fraction of sp³-hybridized carbons (Fsp3) is 0.700. The van der Waals surface area contributed by atoms with Gasteiger partial charge in [-0.2, -0.15) is 0 Å². The van der Waals surface area contributed by atoms with Gasteiger partial charge in [-0.1, -0.05) is 19.9 Å². The Hall–Kier alpha value is -1.02. The van der Waals surface area contributed by atoms with Crippen molar-refractivity contribution in [3.05, 3.63) is 29.7 Å². The highest BCUT2D eigenvalue weighted by atomic mass is 16.3. The van der Waals surface area contributed by atoms with E-state index < -0.39 is 0 Å². The number of hydrogen-bond acceptors (Lipinski definition) is 2. The zero-order valence-electron chi connectivity index (χ0n) is 13.6. The third-order valence-electron chi connectivity index (χ3n) is 8.06. The predicted molar refractivity (Wildman–Crippen MR) is 86.2 cm³/mol. The van der Waals surface area contributed by atoms with Gasteiger partial charge in [-0.15, -0.1) is 0 Å². The van der Waals surface area contributed by atoms with Crippen LogP contribution in [0.2, 0.25) is 0 Å². The van der Waals surface area contributed by atoms with Crippen molar-refractivity contribution in [3.8, 4) is 0 Å². The molecule has 4 aliphatic carbocycles. The first-order valence-electron chi connectivity index (χ1n) is 8.97. The maximum absolute atomic E-state index is 9.71. The lowest BCUT2D eigenvalue weighted by atomic mass is 9.46. The molecule has 2 nitrogen and oxygen atoms in total. The quantitative estimate of drug-likeness (QED) is 0.830. The van der Waals surface area contributed by atoms with Crippen LogP contribution in [0.3, 0.4) is 0 Å². The highest BCUT2D eigenvalue weighted by Crippen LogP contribution is 2.74. The molecule has 0 radical (unpaired) electrons. The van der Waals surface area contributed by atoms with Gasteiger partial charge in [0.25, 0.3) is 0 Å². The zero-order valence-corrected chi connectivity index (χ0v) is 13.6. The second-order valence-electron chi connectivity index (χ2n) is 8.70. The first-order valence-corrected chi connectivity index (χ1v) is 8.97. The molecule has 1 aromatic heterocycles. The molecule has 2 heteroatoms. The van der Waals surface area contributed by atoms with Gasteiger partial charge in [-0.05, 0) is 78.2 Å². The molecule has 7 atom stereocenters. The van der Waals surface area contributed by atoms with Crippen LogP contribution in [-0.4, -0.2) is 11.7 Å². The molecule has 3 saturated carbocycles. The zero-order chi connectivity index (χ0) is 15.1. The van der Waals surface area contributed by atoms with Crippen molar-refractivity contribution in [1.29, 1.82) is 0 Å². The van der Waals surface area contributed by atoms with E-state index in [4.69, 9.17) is 4.42 Å². The summed E-state index contributed by atoms with van der Waals surface area (Å²) in [4.78, 5) is 0. The summed E-state index contributed by atoms with van der Waals surface area (Å²) in [6.45, 7) is 5.42. The number of fused-ring (bicyclic) bond motifs is 7. The summed E-state index contributed by atoms with van der Waals surface area (Å²) >= 11 is 0. The van der Waals surface area contributed by atoms with Gasteiger partial charge < -0.3 is 9.52 Å². The van der Waals surface area contributed by atoms with Gasteiger partial charge >= 0.3 is 0 Å². The Kier molecular flexibility index (Phi) is 2.49. The predicted octanol–water partition coefficient (Wildman–Crippen LogP) is 4.46. The standard InChI is InChI=1S/C20H26O2/c1-19-9-6-16-13(7-10-22-16)15(19)5-8-20(2)17(19)4-3-12-14(11-21)18(12)20/h6-7,9-10,12,14-15,17-18,21H,3-5,8,11H2,1-2H3/t12-,14?,15?,17?,18?,19+,20-/m0/s1. The van der Waals surface area contributed by atoms with E-state index in [0.717, 1.165) is 23.5 Å². The molecule has 22 heavy (non-hydrogen) atoms. The summed E-state index contributed by atoms with van der Waals surface area (Å²) in [7, 11) is 0. The highest BCUT2D eigenvalue weighted by molar-refractivity contribution is 5.55. The number of aliphatic hydroxyl groups excluding tert-OH is 1. The van der Waals surface area contributed by atoms with Crippen molar-refractivity contribution in [1.82, 2.24) is 0 Å². The SMILES string of the molecule is C[C@@]12C=Cc3occc3C1CC[C@]1(C)C3C(CO)[C@@H]3CCC21. The monoisotopic (exact) mass is 298 g/mol. The molecule has 1 aromatic rings. The van der Waals surface area contributed by atoms with Crippen LogP contribution < -0.4 is 0 Å². The van der Waals surface area contributed by atoms with Gasteiger partial charge in [-0.25, -0.2) is 0 Å². The van der Waals surface area contributed by atoms with E-state index in [0.29, 0.717) is 23.9 Å². The topological polar surface area (TPSA) is 33.4 Å². The number of aliphatic hydroxyl groups is 1. The maximum atomic E-state index is 9.71. The molecule has 1 N–H and O–H groups in total. The van der Waals surface area contributed by atoms with Crippen molar-refractivity contribution in [2.75, 3.05) is 6.61 Å². The van der Waals surface area contributed by atoms with Gasteiger partial charge in [0.2, 0.25) is 0 Å². The molecule has 3 fully saturated rings. The average Bonchev–Trinajstić information content (AvgIpc) is 3.05. The highest BCUT2D eigenvalue weighted by Gasteiger charge is 2.67. The molecular weight excluding hydrogens is 272 g/mol. The lowest BCUT2D eigenvalue weighted by Gasteiger charge is -2.58. The fourth-order valence-electron chi connectivity index (χ4n) is 7.09. The molecule has 0 spiro atoms. The van der Waals surface area contributed by atoms with Crippen LogP contribution >= 0.6 is 0 Å². The maximum Gasteiger partial charge on any atom is 0.129 e. The van der Waals surface area contributed by atoms with E-state index in [1.165, 1.54) is 31.2 Å². The summed E-state index contributed by atoms with van der Waals surface area (Å²) in [5, 5.41) is 9.71. The minimum Gasteiger partial charge on any atom is -0.465 e. The van der Waals surface area contributed by atoms with Crippen LogP contribution in [0.4, 0.5) is 0 Å². The normalized spacial score (nSPS) is 51.5. The summed E-state index contributed by atoms with van der Waals surface area (Å²) in [5.41, 5.74) is 2.12. The molecular formula is C20H26O2. The number of furan rings is 1. The molecule has 1 heterocycles. The van der Waals surface area contributed by atoms with Gasteiger partial charge in [0.15, 0.2) is 0 Å². The minimum absolute atomic E-state index is 0.261. The van der Waals surface area contributed by atoms with Gasteiger partial charge in [-0.3, -0.25) is 0 Å². The molecule has 0 aliphatic heterocycles. The summed E-state index contributed by atoms with van der Waals surface area (Å²) in [6.07, 6.45) is 11.8. The van der Waals surface area contributed by atoms with Gasteiger partial charge in [0.1, 0.15) is 5.76 Å². The van der Waals surface area contributed by atoms with Crippen LogP contribution in [0, 0.1) is 34.5 Å². The van der Waals surface area contributed by atoms with Crippen molar-refractivity contribution in [2.24, 2.45) is 34.5 Å². The van der Waals surface area contributed by atoms with Crippen molar-refractivity contribution in [2.45, 2.75) is 45.4 Å². The van der Waals surface area contributed by atoms with Crippen LogP contribution in [0.15, 0.2) is 22.8 Å². The number of rotatable bonds is 1. The molecule has 0 amide bonds. The van der Waals surface area contributed by atoms with E-state index in [9.17, 15) is 5.11 Å². The largest absolute Gasteiger partial charge is 0.465 e. The second-order valence-corrected chi connectivity index (χ2v) is 8.70. The van der Waals surface area contributed by atoms with Gasteiger partial charge in [0, 0.05) is 12.2 Å².